The fourth-order valence-corrected chi connectivity index (χ4v) is 3.28. The van der Waals surface area contributed by atoms with Crippen LogP contribution in [-0.2, 0) is 19.4 Å². The topological polar surface area (TPSA) is 32.3 Å². The summed E-state index contributed by atoms with van der Waals surface area (Å²) in [5.74, 6) is 0.00613. The van der Waals surface area contributed by atoms with E-state index in [1.807, 2.05) is 36.4 Å². The van der Waals surface area contributed by atoms with Crippen LogP contribution in [0.3, 0.4) is 0 Å². The molecule has 1 heterocycles. The van der Waals surface area contributed by atoms with Gasteiger partial charge in [0.15, 0.2) is 0 Å². The van der Waals surface area contributed by atoms with Gasteiger partial charge in [-0.1, -0.05) is 36.4 Å². The van der Waals surface area contributed by atoms with Crippen LogP contribution in [0.1, 0.15) is 40.9 Å². The van der Waals surface area contributed by atoms with Crippen molar-refractivity contribution < 1.29 is 4.79 Å². The number of carbonyl (C=O) groups is 1. The minimum atomic E-state index is 0.00613. The SMILES string of the molecule is CC(C)N1CCc2ccc(C(=O)NCc3ccccc3)cc2CC1. The molecule has 1 N–H and O–H groups in total. The predicted molar refractivity (Wildman–Crippen MR) is 98.2 cm³/mol. The largest absolute Gasteiger partial charge is 0.348 e. The first-order chi connectivity index (χ1) is 11.6. The van der Waals surface area contributed by atoms with Crippen molar-refractivity contribution in [1.82, 2.24) is 10.2 Å². The van der Waals surface area contributed by atoms with Gasteiger partial charge >= 0.3 is 0 Å². The lowest BCUT2D eigenvalue weighted by Gasteiger charge is -2.23. The second-order valence-corrected chi connectivity index (χ2v) is 6.78. The van der Waals surface area contributed by atoms with E-state index in [1.54, 1.807) is 0 Å². The molecule has 24 heavy (non-hydrogen) atoms. The van der Waals surface area contributed by atoms with Gasteiger partial charge in [0, 0.05) is 31.2 Å². The molecule has 0 fully saturated rings. The predicted octanol–water partition coefficient (Wildman–Crippen LogP) is 3.43. The molecule has 0 aliphatic carbocycles. The van der Waals surface area contributed by atoms with Gasteiger partial charge in [-0.15, -0.1) is 0 Å². The average molecular weight is 322 g/mol. The molecule has 1 amide bonds. The van der Waals surface area contributed by atoms with Gasteiger partial charge in [-0.3, -0.25) is 4.79 Å². The van der Waals surface area contributed by atoms with Crippen molar-refractivity contribution in [3.63, 3.8) is 0 Å². The Bertz CT molecular complexity index is 694. The highest BCUT2D eigenvalue weighted by Crippen LogP contribution is 2.19. The Morgan fingerprint density at radius 1 is 1.04 bits per heavy atom. The van der Waals surface area contributed by atoms with Gasteiger partial charge in [0.25, 0.3) is 5.91 Å². The van der Waals surface area contributed by atoms with Gasteiger partial charge in [0.05, 0.1) is 0 Å². The maximum absolute atomic E-state index is 12.4. The van der Waals surface area contributed by atoms with Crippen molar-refractivity contribution in [1.29, 1.82) is 0 Å². The van der Waals surface area contributed by atoms with Crippen molar-refractivity contribution in [2.24, 2.45) is 0 Å². The minimum Gasteiger partial charge on any atom is -0.348 e. The van der Waals surface area contributed by atoms with Crippen LogP contribution in [0.4, 0.5) is 0 Å². The number of fused-ring (bicyclic) bond motifs is 1. The van der Waals surface area contributed by atoms with Crippen LogP contribution in [0, 0.1) is 0 Å². The lowest BCUT2D eigenvalue weighted by molar-refractivity contribution is 0.0951. The zero-order chi connectivity index (χ0) is 16.9. The highest BCUT2D eigenvalue weighted by Gasteiger charge is 2.17. The molecule has 3 heteroatoms. The standard InChI is InChI=1S/C21H26N2O/c1-16(2)23-12-10-18-8-9-20(14-19(18)11-13-23)21(24)22-15-17-6-4-3-5-7-17/h3-9,14,16H,10-13,15H2,1-2H3,(H,22,24). The Morgan fingerprint density at radius 2 is 1.75 bits per heavy atom. The van der Waals surface area contributed by atoms with Crippen molar-refractivity contribution >= 4 is 5.91 Å². The number of benzene rings is 2. The molecule has 0 aromatic heterocycles. The molecule has 2 aromatic carbocycles. The first-order valence-electron chi connectivity index (χ1n) is 8.81. The number of rotatable bonds is 4. The van der Waals surface area contributed by atoms with Crippen molar-refractivity contribution in [2.75, 3.05) is 13.1 Å². The molecule has 1 aliphatic rings. The van der Waals surface area contributed by atoms with E-state index >= 15 is 0 Å². The molecule has 0 saturated carbocycles. The minimum absolute atomic E-state index is 0.00613. The number of hydrogen-bond acceptors (Lipinski definition) is 2. The Balaban J connectivity index is 1.66. The first-order valence-corrected chi connectivity index (χ1v) is 8.81. The lowest BCUT2D eigenvalue weighted by atomic mass is 10.00. The summed E-state index contributed by atoms with van der Waals surface area (Å²) in [4.78, 5) is 14.9. The number of hydrogen-bond donors (Lipinski definition) is 1. The van der Waals surface area contributed by atoms with Gasteiger partial charge in [-0.2, -0.15) is 0 Å². The van der Waals surface area contributed by atoms with Crippen LogP contribution >= 0.6 is 0 Å². The second kappa shape index (κ2) is 7.63. The van der Waals surface area contributed by atoms with E-state index in [4.69, 9.17) is 0 Å². The van der Waals surface area contributed by atoms with Crippen LogP contribution in [0.2, 0.25) is 0 Å². The van der Waals surface area contributed by atoms with Crippen LogP contribution in [0.15, 0.2) is 48.5 Å². The summed E-state index contributed by atoms with van der Waals surface area (Å²) in [6.07, 6.45) is 2.09. The molecular formula is C21H26N2O. The molecule has 3 nitrogen and oxygen atoms in total. The van der Waals surface area contributed by atoms with Crippen molar-refractivity contribution in [3.05, 3.63) is 70.8 Å². The summed E-state index contributed by atoms with van der Waals surface area (Å²) in [5.41, 5.74) is 4.60. The number of nitrogens with zero attached hydrogens (tertiary/aromatic N) is 1. The molecular weight excluding hydrogens is 296 g/mol. The van der Waals surface area contributed by atoms with Crippen LogP contribution in [0.25, 0.3) is 0 Å². The van der Waals surface area contributed by atoms with Crippen LogP contribution in [-0.4, -0.2) is 29.9 Å². The van der Waals surface area contributed by atoms with Crippen LogP contribution in [0.5, 0.6) is 0 Å². The fourth-order valence-electron chi connectivity index (χ4n) is 3.28. The molecule has 126 valence electrons. The molecule has 0 unspecified atom stereocenters. The summed E-state index contributed by atoms with van der Waals surface area (Å²) < 4.78 is 0. The Kier molecular flexibility index (Phi) is 5.31. The van der Waals surface area contributed by atoms with Crippen molar-refractivity contribution in [3.8, 4) is 0 Å². The van der Waals surface area contributed by atoms with Gasteiger partial charge < -0.3 is 10.2 Å². The zero-order valence-electron chi connectivity index (χ0n) is 14.6. The highest BCUT2D eigenvalue weighted by molar-refractivity contribution is 5.94. The Morgan fingerprint density at radius 3 is 2.46 bits per heavy atom. The van der Waals surface area contributed by atoms with Gasteiger partial charge in [-0.05, 0) is 55.5 Å². The number of carbonyl (C=O) groups excluding carboxylic acids is 1. The molecule has 0 atom stereocenters. The maximum atomic E-state index is 12.4. The smallest absolute Gasteiger partial charge is 0.251 e. The monoisotopic (exact) mass is 322 g/mol. The van der Waals surface area contributed by atoms with E-state index in [2.05, 4.69) is 36.2 Å². The molecule has 0 saturated heterocycles. The molecule has 3 rings (SSSR count). The lowest BCUT2D eigenvalue weighted by Crippen LogP contribution is -2.32. The Hall–Kier alpha value is -2.13. The summed E-state index contributed by atoms with van der Waals surface area (Å²) in [6.45, 7) is 7.23. The molecule has 0 spiro atoms. The highest BCUT2D eigenvalue weighted by atomic mass is 16.1. The fraction of sp³-hybridized carbons (Fsp3) is 0.381. The molecule has 0 radical (unpaired) electrons. The average Bonchev–Trinajstić information content (AvgIpc) is 2.82. The van der Waals surface area contributed by atoms with E-state index in [0.29, 0.717) is 12.6 Å². The normalized spacial score (nSPS) is 15.0. The third-order valence-electron chi connectivity index (χ3n) is 4.83. The van der Waals surface area contributed by atoms with Gasteiger partial charge in [-0.25, -0.2) is 0 Å². The number of amides is 1. The van der Waals surface area contributed by atoms with Crippen molar-refractivity contribution in [2.45, 2.75) is 39.3 Å². The second-order valence-electron chi connectivity index (χ2n) is 6.78. The van der Waals surface area contributed by atoms with E-state index < -0.39 is 0 Å². The summed E-state index contributed by atoms with van der Waals surface area (Å²) >= 11 is 0. The van der Waals surface area contributed by atoms with E-state index in [1.165, 1.54) is 11.1 Å². The van der Waals surface area contributed by atoms with E-state index in [-0.39, 0.29) is 5.91 Å². The zero-order valence-corrected chi connectivity index (χ0v) is 14.6. The van der Waals surface area contributed by atoms with E-state index in [9.17, 15) is 4.79 Å². The van der Waals surface area contributed by atoms with E-state index in [0.717, 1.165) is 37.1 Å². The summed E-state index contributed by atoms with van der Waals surface area (Å²) in [6, 6.07) is 16.8. The first kappa shape index (κ1) is 16.7. The summed E-state index contributed by atoms with van der Waals surface area (Å²) in [7, 11) is 0. The van der Waals surface area contributed by atoms with Crippen LogP contribution < -0.4 is 5.32 Å². The quantitative estimate of drug-likeness (QED) is 0.935. The third-order valence-corrected chi connectivity index (χ3v) is 4.83. The number of nitrogens with one attached hydrogen (secondary N) is 1. The van der Waals surface area contributed by atoms with Gasteiger partial charge in [0.2, 0.25) is 0 Å². The maximum Gasteiger partial charge on any atom is 0.251 e. The van der Waals surface area contributed by atoms with Gasteiger partial charge in [0.1, 0.15) is 0 Å². The molecule has 1 aliphatic heterocycles. The Labute approximate surface area is 144 Å². The third kappa shape index (κ3) is 4.04. The molecule has 2 aromatic rings. The molecule has 0 bridgehead atoms. The summed E-state index contributed by atoms with van der Waals surface area (Å²) in [5, 5.41) is 3.02.